The fourth-order valence-electron chi connectivity index (χ4n) is 1.63. The van der Waals surface area contributed by atoms with Gasteiger partial charge in [-0.2, -0.15) is 0 Å². The first-order valence-electron chi connectivity index (χ1n) is 5.74. The summed E-state index contributed by atoms with van der Waals surface area (Å²) in [6.45, 7) is 9.64. The molecule has 0 aliphatic heterocycles. The number of benzene rings is 1. The van der Waals surface area contributed by atoms with Crippen molar-refractivity contribution in [2.75, 3.05) is 13.1 Å². The van der Waals surface area contributed by atoms with E-state index in [-0.39, 0.29) is 6.04 Å². The lowest BCUT2D eigenvalue weighted by Crippen LogP contribution is -2.22. The summed E-state index contributed by atoms with van der Waals surface area (Å²) < 4.78 is 0. The van der Waals surface area contributed by atoms with Crippen LogP contribution < -0.4 is 5.73 Å². The van der Waals surface area contributed by atoms with E-state index in [1.807, 2.05) is 6.92 Å². The summed E-state index contributed by atoms with van der Waals surface area (Å²) >= 11 is 0. The number of nitrogens with two attached hydrogens (primary N) is 1. The summed E-state index contributed by atoms with van der Waals surface area (Å²) in [7, 11) is 0. The highest BCUT2D eigenvalue weighted by molar-refractivity contribution is 5.24. The molecule has 0 amide bonds. The molecule has 15 heavy (non-hydrogen) atoms. The number of hydrogen-bond donors (Lipinski definition) is 1. The second-order valence-corrected chi connectivity index (χ2v) is 3.99. The van der Waals surface area contributed by atoms with Crippen LogP contribution in [0.3, 0.4) is 0 Å². The molecule has 0 bridgehead atoms. The standard InChI is InChI=1S/C13H22N2/c1-4-15(5-2)10-12-6-8-13(9-7-12)11(3)14/h6-9,11H,4-5,10,14H2,1-3H3/t11-/m1/s1. The summed E-state index contributed by atoms with van der Waals surface area (Å²) in [5.74, 6) is 0. The van der Waals surface area contributed by atoms with Crippen LogP contribution in [0.1, 0.15) is 37.9 Å². The molecule has 0 fully saturated rings. The predicted octanol–water partition coefficient (Wildman–Crippen LogP) is 2.55. The molecule has 0 unspecified atom stereocenters. The molecule has 2 nitrogen and oxygen atoms in total. The molecule has 0 saturated carbocycles. The van der Waals surface area contributed by atoms with Crippen LogP contribution in [0.2, 0.25) is 0 Å². The van der Waals surface area contributed by atoms with Crippen LogP contribution in [0.25, 0.3) is 0 Å². The van der Waals surface area contributed by atoms with Gasteiger partial charge in [0.05, 0.1) is 0 Å². The van der Waals surface area contributed by atoms with Crippen LogP contribution in [0, 0.1) is 0 Å². The normalized spacial score (nSPS) is 13.1. The minimum atomic E-state index is 0.132. The van der Waals surface area contributed by atoms with E-state index in [1.165, 1.54) is 11.1 Å². The molecule has 1 aromatic carbocycles. The number of hydrogen-bond acceptors (Lipinski definition) is 2. The van der Waals surface area contributed by atoms with Crippen molar-refractivity contribution in [3.8, 4) is 0 Å². The Labute approximate surface area is 93.1 Å². The Balaban J connectivity index is 2.63. The average molecular weight is 206 g/mol. The second kappa shape index (κ2) is 5.89. The van der Waals surface area contributed by atoms with Crippen molar-refractivity contribution in [1.82, 2.24) is 4.90 Å². The van der Waals surface area contributed by atoms with E-state index in [0.717, 1.165) is 19.6 Å². The lowest BCUT2D eigenvalue weighted by atomic mass is 10.1. The van der Waals surface area contributed by atoms with Crippen molar-refractivity contribution in [3.63, 3.8) is 0 Å². The highest BCUT2D eigenvalue weighted by atomic mass is 15.1. The molecule has 0 aromatic heterocycles. The van der Waals surface area contributed by atoms with E-state index in [4.69, 9.17) is 5.73 Å². The molecule has 2 heteroatoms. The van der Waals surface area contributed by atoms with Crippen molar-refractivity contribution in [2.24, 2.45) is 5.73 Å². The SMILES string of the molecule is CCN(CC)Cc1ccc([C@@H](C)N)cc1. The van der Waals surface area contributed by atoms with Gasteiger partial charge in [-0.3, -0.25) is 4.90 Å². The zero-order chi connectivity index (χ0) is 11.3. The highest BCUT2D eigenvalue weighted by Gasteiger charge is 2.02. The highest BCUT2D eigenvalue weighted by Crippen LogP contribution is 2.12. The van der Waals surface area contributed by atoms with Crippen LogP contribution in [-0.2, 0) is 6.54 Å². The maximum Gasteiger partial charge on any atom is 0.0266 e. The van der Waals surface area contributed by atoms with Crippen LogP contribution in [0.5, 0.6) is 0 Å². The van der Waals surface area contributed by atoms with Crippen LogP contribution in [0.15, 0.2) is 24.3 Å². The fourth-order valence-corrected chi connectivity index (χ4v) is 1.63. The minimum absolute atomic E-state index is 0.132. The smallest absolute Gasteiger partial charge is 0.0266 e. The monoisotopic (exact) mass is 206 g/mol. The van der Waals surface area contributed by atoms with Gasteiger partial charge in [0.2, 0.25) is 0 Å². The van der Waals surface area contributed by atoms with E-state index in [1.54, 1.807) is 0 Å². The van der Waals surface area contributed by atoms with Gasteiger partial charge < -0.3 is 5.73 Å². The largest absolute Gasteiger partial charge is 0.324 e. The summed E-state index contributed by atoms with van der Waals surface area (Å²) in [5, 5.41) is 0. The first kappa shape index (κ1) is 12.2. The van der Waals surface area contributed by atoms with Gasteiger partial charge in [0.25, 0.3) is 0 Å². The first-order chi connectivity index (χ1) is 7.17. The predicted molar refractivity (Wildman–Crippen MR) is 65.7 cm³/mol. The van der Waals surface area contributed by atoms with Crippen molar-refractivity contribution in [3.05, 3.63) is 35.4 Å². The number of rotatable bonds is 5. The number of nitrogens with zero attached hydrogens (tertiary/aromatic N) is 1. The molecule has 84 valence electrons. The van der Waals surface area contributed by atoms with Gasteiger partial charge in [-0.05, 0) is 31.1 Å². The molecular weight excluding hydrogens is 184 g/mol. The van der Waals surface area contributed by atoms with E-state index in [0.29, 0.717) is 0 Å². The molecule has 1 aromatic rings. The molecule has 0 heterocycles. The molecule has 0 saturated heterocycles. The minimum Gasteiger partial charge on any atom is -0.324 e. The zero-order valence-corrected chi connectivity index (χ0v) is 10.0. The summed E-state index contributed by atoms with van der Waals surface area (Å²) in [5.41, 5.74) is 8.38. The topological polar surface area (TPSA) is 29.3 Å². The zero-order valence-electron chi connectivity index (χ0n) is 10.0. The van der Waals surface area contributed by atoms with Gasteiger partial charge >= 0.3 is 0 Å². The van der Waals surface area contributed by atoms with E-state index in [2.05, 4.69) is 43.0 Å². The summed E-state index contributed by atoms with van der Waals surface area (Å²) in [6, 6.07) is 8.74. The van der Waals surface area contributed by atoms with Gasteiger partial charge in [-0.15, -0.1) is 0 Å². The summed E-state index contributed by atoms with van der Waals surface area (Å²) in [6.07, 6.45) is 0. The maximum atomic E-state index is 5.81. The molecule has 1 atom stereocenters. The maximum absolute atomic E-state index is 5.81. The molecule has 1 rings (SSSR count). The van der Waals surface area contributed by atoms with Gasteiger partial charge in [0, 0.05) is 12.6 Å². The molecule has 0 aliphatic rings. The third-order valence-corrected chi connectivity index (χ3v) is 2.81. The Bertz CT molecular complexity index is 273. The average Bonchev–Trinajstić information content (AvgIpc) is 2.26. The molecular formula is C13H22N2. The van der Waals surface area contributed by atoms with Crippen molar-refractivity contribution < 1.29 is 0 Å². The van der Waals surface area contributed by atoms with Crippen LogP contribution in [-0.4, -0.2) is 18.0 Å². The Kier molecular flexibility index (Phi) is 4.79. The Morgan fingerprint density at radius 1 is 1.13 bits per heavy atom. The van der Waals surface area contributed by atoms with Gasteiger partial charge in [-0.1, -0.05) is 38.1 Å². The van der Waals surface area contributed by atoms with E-state index < -0.39 is 0 Å². The molecule has 0 spiro atoms. The Morgan fingerprint density at radius 3 is 2.07 bits per heavy atom. The third kappa shape index (κ3) is 3.65. The van der Waals surface area contributed by atoms with E-state index >= 15 is 0 Å². The van der Waals surface area contributed by atoms with Crippen molar-refractivity contribution in [2.45, 2.75) is 33.4 Å². The Morgan fingerprint density at radius 2 is 1.67 bits per heavy atom. The fraction of sp³-hybridized carbons (Fsp3) is 0.538. The first-order valence-corrected chi connectivity index (χ1v) is 5.74. The van der Waals surface area contributed by atoms with Crippen molar-refractivity contribution in [1.29, 1.82) is 0 Å². The Hall–Kier alpha value is -0.860. The molecule has 2 N–H and O–H groups in total. The van der Waals surface area contributed by atoms with Gasteiger partial charge in [-0.25, -0.2) is 0 Å². The van der Waals surface area contributed by atoms with Gasteiger partial charge in [0.15, 0.2) is 0 Å². The van der Waals surface area contributed by atoms with Crippen LogP contribution >= 0.6 is 0 Å². The lowest BCUT2D eigenvalue weighted by Gasteiger charge is -2.18. The molecule has 0 aliphatic carbocycles. The van der Waals surface area contributed by atoms with Gasteiger partial charge in [0.1, 0.15) is 0 Å². The third-order valence-electron chi connectivity index (χ3n) is 2.81. The second-order valence-electron chi connectivity index (χ2n) is 3.99. The summed E-state index contributed by atoms with van der Waals surface area (Å²) in [4.78, 5) is 2.40. The lowest BCUT2D eigenvalue weighted by molar-refractivity contribution is 0.296. The molecule has 0 radical (unpaired) electrons. The van der Waals surface area contributed by atoms with E-state index in [9.17, 15) is 0 Å². The van der Waals surface area contributed by atoms with Crippen LogP contribution in [0.4, 0.5) is 0 Å². The quantitative estimate of drug-likeness (QED) is 0.802. The van der Waals surface area contributed by atoms with Crippen molar-refractivity contribution >= 4 is 0 Å².